The minimum atomic E-state index is -3.95. The molecule has 2 aromatic rings. The molecule has 2 aromatic carbocycles. The van der Waals surface area contributed by atoms with Crippen LogP contribution in [0.4, 0.5) is 5.69 Å². The van der Waals surface area contributed by atoms with Crippen molar-refractivity contribution in [3.63, 3.8) is 0 Å². The van der Waals surface area contributed by atoms with Gasteiger partial charge in [0.2, 0.25) is 0 Å². The molecular weight excluding hydrogens is 332 g/mol. The van der Waals surface area contributed by atoms with Crippen LogP contribution in [0.25, 0.3) is 6.08 Å². The summed E-state index contributed by atoms with van der Waals surface area (Å²) in [7, 11) is -3.95. The lowest BCUT2D eigenvalue weighted by Crippen LogP contribution is -2.15. The first-order valence-electron chi connectivity index (χ1n) is 6.79. The molecule has 0 unspecified atom stereocenters. The average Bonchev–Trinajstić information content (AvgIpc) is 2.49. The van der Waals surface area contributed by atoms with Crippen LogP contribution in [0.2, 0.25) is 5.02 Å². The predicted octanol–water partition coefficient (Wildman–Crippen LogP) is 4.26. The third kappa shape index (κ3) is 4.35. The molecular formula is C17H15ClN2O2S. The zero-order valence-electron chi connectivity index (χ0n) is 12.7. The molecule has 2 rings (SSSR count). The van der Waals surface area contributed by atoms with Crippen molar-refractivity contribution in [2.24, 2.45) is 0 Å². The second kappa shape index (κ2) is 6.86. The van der Waals surface area contributed by atoms with E-state index in [1.807, 2.05) is 13.0 Å². The third-order valence-electron chi connectivity index (χ3n) is 3.19. The minimum absolute atomic E-state index is 0.361. The number of benzene rings is 2. The minimum Gasteiger partial charge on any atom is -0.279 e. The van der Waals surface area contributed by atoms with E-state index >= 15 is 0 Å². The van der Waals surface area contributed by atoms with E-state index in [9.17, 15) is 13.7 Å². The summed E-state index contributed by atoms with van der Waals surface area (Å²) in [6, 6.07) is 13.6. The van der Waals surface area contributed by atoms with Gasteiger partial charge in [0.1, 0.15) is 6.07 Å². The van der Waals surface area contributed by atoms with Gasteiger partial charge in [0.15, 0.2) is 4.91 Å². The van der Waals surface area contributed by atoms with Gasteiger partial charge in [0.05, 0.1) is 5.69 Å². The number of rotatable bonds is 4. The monoisotopic (exact) mass is 346 g/mol. The van der Waals surface area contributed by atoms with Crippen molar-refractivity contribution in [3.05, 3.63) is 69.1 Å². The molecule has 0 aliphatic rings. The largest absolute Gasteiger partial charge is 0.279 e. The summed E-state index contributed by atoms with van der Waals surface area (Å²) in [5, 5.41) is 9.74. The summed E-state index contributed by atoms with van der Waals surface area (Å²) in [4.78, 5) is -0.361. The first-order valence-corrected chi connectivity index (χ1v) is 8.65. The summed E-state index contributed by atoms with van der Waals surface area (Å²) >= 11 is 5.79. The standard InChI is InChI=1S/C17H15ClN2O2S/c1-12-3-8-17(13(2)9-12)20-23(21,22)16(11-19)10-14-4-6-15(18)7-5-14/h3-10,20H,1-2H3. The lowest BCUT2D eigenvalue weighted by atomic mass is 10.1. The molecule has 0 fully saturated rings. The highest BCUT2D eigenvalue weighted by molar-refractivity contribution is 7.97. The normalized spacial score (nSPS) is 11.8. The van der Waals surface area contributed by atoms with Crippen molar-refractivity contribution in [3.8, 4) is 6.07 Å². The molecule has 0 atom stereocenters. The number of anilines is 1. The van der Waals surface area contributed by atoms with Crippen LogP contribution >= 0.6 is 11.6 Å². The number of nitrogens with one attached hydrogen (secondary N) is 1. The highest BCUT2D eigenvalue weighted by Gasteiger charge is 2.18. The maximum absolute atomic E-state index is 12.4. The topological polar surface area (TPSA) is 70.0 Å². The van der Waals surface area contributed by atoms with Crippen molar-refractivity contribution < 1.29 is 8.42 Å². The fourth-order valence-corrected chi connectivity index (χ4v) is 3.17. The van der Waals surface area contributed by atoms with Crippen LogP contribution in [0.15, 0.2) is 47.4 Å². The van der Waals surface area contributed by atoms with E-state index in [1.165, 1.54) is 6.08 Å². The molecule has 0 aromatic heterocycles. The van der Waals surface area contributed by atoms with Crippen molar-refractivity contribution in [2.45, 2.75) is 13.8 Å². The van der Waals surface area contributed by atoms with E-state index in [-0.39, 0.29) is 4.91 Å². The number of halogens is 1. The number of hydrogen-bond acceptors (Lipinski definition) is 3. The van der Waals surface area contributed by atoms with Crippen LogP contribution in [-0.4, -0.2) is 8.42 Å². The van der Waals surface area contributed by atoms with E-state index in [1.54, 1.807) is 49.4 Å². The molecule has 0 amide bonds. The molecule has 0 spiro atoms. The van der Waals surface area contributed by atoms with Gasteiger partial charge < -0.3 is 0 Å². The van der Waals surface area contributed by atoms with Gasteiger partial charge in [-0.2, -0.15) is 5.26 Å². The molecule has 4 nitrogen and oxygen atoms in total. The summed E-state index contributed by atoms with van der Waals surface area (Å²) in [6.07, 6.45) is 1.31. The van der Waals surface area contributed by atoms with Crippen LogP contribution in [-0.2, 0) is 10.0 Å². The van der Waals surface area contributed by atoms with Gasteiger partial charge in [-0.25, -0.2) is 8.42 Å². The predicted molar refractivity (Wildman–Crippen MR) is 93.5 cm³/mol. The Labute approximate surface area is 141 Å². The number of allylic oxidation sites excluding steroid dienone is 1. The Morgan fingerprint density at radius 3 is 2.39 bits per heavy atom. The summed E-state index contributed by atoms with van der Waals surface area (Å²) in [5.41, 5.74) is 2.85. The molecule has 0 aliphatic carbocycles. The van der Waals surface area contributed by atoms with Crippen LogP contribution in [0.1, 0.15) is 16.7 Å². The van der Waals surface area contributed by atoms with E-state index < -0.39 is 10.0 Å². The Morgan fingerprint density at radius 2 is 1.83 bits per heavy atom. The van der Waals surface area contributed by atoms with Gasteiger partial charge in [-0.15, -0.1) is 0 Å². The fourth-order valence-electron chi connectivity index (χ4n) is 2.01. The van der Waals surface area contributed by atoms with Crippen LogP contribution in [0.5, 0.6) is 0 Å². The van der Waals surface area contributed by atoms with Crippen molar-refractivity contribution in [2.75, 3.05) is 4.72 Å². The van der Waals surface area contributed by atoms with E-state index in [4.69, 9.17) is 11.6 Å². The molecule has 0 aliphatic heterocycles. The molecule has 23 heavy (non-hydrogen) atoms. The maximum Gasteiger partial charge on any atom is 0.272 e. The van der Waals surface area contributed by atoms with Gasteiger partial charge >= 0.3 is 0 Å². The Bertz CT molecular complexity index is 895. The molecule has 0 saturated carbocycles. The molecule has 6 heteroatoms. The Balaban J connectivity index is 2.36. The van der Waals surface area contributed by atoms with E-state index in [0.29, 0.717) is 16.3 Å². The number of nitrogens with zero attached hydrogens (tertiary/aromatic N) is 1. The van der Waals surface area contributed by atoms with Crippen LogP contribution < -0.4 is 4.72 Å². The van der Waals surface area contributed by atoms with Gasteiger partial charge in [0.25, 0.3) is 10.0 Å². The quantitative estimate of drug-likeness (QED) is 0.841. The van der Waals surface area contributed by atoms with Gasteiger partial charge in [-0.1, -0.05) is 41.4 Å². The molecule has 0 radical (unpaired) electrons. The van der Waals surface area contributed by atoms with Crippen LogP contribution in [0.3, 0.4) is 0 Å². The highest BCUT2D eigenvalue weighted by Crippen LogP contribution is 2.21. The average molecular weight is 347 g/mol. The van der Waals surface area contributed by atoms with Gasteiger partial charge in [-0.3, -0.25) is 4.72 Å². The second-order valence-electron chi connectivity index (χ2n) is 5.10. The Kier molecular flexibility index (Phi) is 5.09. The van der Waals surface area contributed by atoms with Gasteiger partial charge in [-0.05, 0) is 49.2 Å². The van der Waals surface area contributed by atoms with E-state index in [2.05, 4.69) is 4.72 Å². The van der Waals surface area contributed by atoms with Crippen molar-refractivity contribution in [1.82, 2.24) is 0 Å². The van der Waals surface area contributed by atoms with Crippen molar-refractivity contribution >= 4 is 33.4 Å². The molecule has 0 heterocycles. The van der Waals surface area contributed by atoms with E-state index in [0.717, 1.165) is 11.1 Å². The molecule has 0 saturated heterocycles. The molecule has 118 valence electrons. The lowest BCUT2D eigenvalue weighted by molar-refractivity contribution is 0.608. The second-order valence-corrected chi connectivity index (χ2v) is 7.18. The number of hydrogen-bond donors (Lipinski definition) is 1. The summed E-state index contributed by atoms with van der Waals surface area (Å²) < 4.78 is 27.3. The zero-order valence-corrected chi connectivity index (χ0v) is 14.2. The first kappa shape index (κ1) is 17.1. The molecule has 1 N–H and O–H groups in total. The van der Waals surface area contributed by atoms with Crippen molar-refractivity contribution in [1.29, 1.82) is 5.26 Å². The first-order chi connectivity index (χ1) is 10.8. The summed E-state index contributed by atoms with van der Waals surface area (Å²) in [5.74, 6) is 0. The number of nitriles is 1. The van der Waals surface area contributed by atoms with Gasteiger partial charge in [0, 0.05) is 5.02 Å². The number of aryl methyl sites for hydroxylation is 2. The Morgan fingerprint density at radius 1 is 1.17 bits per heavy atom. The highest BCUT2D eigenvalue weighted by atomic mass is 35.5. The Hall–Kier alpha value is -2.29. The lowest BCUT2D eigenvalue weighted by Gasteiger charge is -2.10. The maximum atomic E-state index is 12.4. The smallest absolute Gasteiger partial charge is 0.272 e. The van der Waals surface area contributed by atoms with Crippen LogP contribution in [0, 0.1) is 25.2 Å². The SMILES string of the molecule is Cc1ccc(NS(=O)(=O)C(C#N)=Cc2ccc(Cl)cc2)c(C)c1. The summed E-state index contributed by atoms with van der Waals surface area (Å²) in [6.45, 7) is 3.73. The zero-order chi connectivity index (χ0) is 17.0. The fraction of sp³-hybridized carbons (Fsp3) is 0.118. The number of sulfonamides is 1. The third-order valence-corrected chi connectivity index (χ3v) is 4.72. The molecule has 0 bridgehead atoms.